The number of esters is 1. The molecule has 2 aromatic rings. The van der Waals surface area contributed by atoms with Gasteiger partial charge in [0, 0.05) is 18.3 Å². The minimum atomic E-state index is -0.410. The van der Waals surface area contributed by atoms with Crippen molar-refractivity contribution in [2.24, 2.45) is 0 Å². The number of nitrogens with one attached hydrogen (secondary N) is 1. The average molecular weight is 315 g/mol. The van der Waals surface area contributed by atoms with E-state index < -0.39 is 5.97 Å². The Kier molecular flexibility index (Phi) is 5.74. The van der Waals surface area contributed by atoms with Gasteiger partial charge in [0.15, 0.2) is 11.6 Å². The van der Waals surface area contributed by atoms with Gasteiger partial charge in [-0.1, -0.05) is 35.5 Å². The third-order valence-electron chi connectivity index (χ3n) is 3.17. The van der Waals surface area contributed by atoms with Gasteiger partial charge < -0.3 is 15.8 Å². The highest BCUT2D eigenvalue weighted by Gasteiger charge is 2.10. The van der Waals surface area contributed by atoms with Crippen molar-refractivity contribution in [3.8, 4) is 0 Å². The molecule has 0 radical (unpaired) electrons. The van der Waals surface area contributed by atoms with Crippen LogP contribution >= 0.6 is 0 Å². The highest BCUT2D eigenvalue weighted by atomic mass is 16.5. The lowest BCUT2D eigenvalue weighted by atomic mass is 10.1. The monoisotopic (exact) mass is 315 g/mol. The quantitative estimate of drug-likeness (QED) is 0.599. The lowest BCUT2D eigenvalue weighted by Gasteiger charge is -2.06. The Morgan fingerprint density at radius 2 is 2.13 bits per heavy atom. The minimum Gasteiger partial charge on any atom is -0.463 e. The number of nitrogen functional groups attached to an aromatic ring is 1. The van der Waals surface area contributed by atoms with E-state index in [1.165, 1.54) is 11.6 Å². The summed E-state index contributed by atoms with van der Waals surface area (Å²) >= 11 is 0. The zero-order chi connectivity index (χ0) is 16.7. The number of rotatable bonds is 7. The van der Waals surface area contributed by atoms with E-state index in [9.17, 15) is 4.79 Å². The smallest absolute Gasteiger partial charge is 0.332 e. The van der Waals surface area contributed by atoms with Crippen LogP contribution in [0.25, 0.3) is 0 Å². The summed E-state index contributed by atoms with van der Waals surface area (Å²) in [5.41, 5.74) is 7.83. The Morgan fingerprint density at radius 3 is 2.83 bits per heavy atom. The first-order valence-corrected chi connectivity index (χ1v) is 7.45. The van der Waals surface area contributed by atoms with Crippen LogP contribution in [0.3, 0.4) is 0 Å². The van der Waals surface area contributed by atoms with E-state index in [1.54, 1.807) is 18.5 Å². The molecule has 2 rings (SSSR count). The van der Waals surface area contributed by atoms with Crippen LogP contribution in [0, 0.1) is 0 Å². The molecule has 0 atom stereocenters. The number of hydrogen-bond acceptors (Lipinski definition) is 6. The number of nitrogens with zero attached hydrogens (tertiary/aromatic N) is 3. The average Bonchev–Trinajstić information content (AvgIpc) is 2.87. The first kappa shape index (κ1) is 16.5. The third kappa shape index (κ3) is 4.84. The predicted octanol–water partition coefficient (Wildman–Crippen LogP) is 1.98. The van der Waals surface area contributed by atoms with Gasteiger partial charge in [0.2, 0.25) is 0 Å². The van der Waals surface area contributed by atoms with Gasteiger partial charge in [-0.05, 0) is 25.8 Å². The van der Waals surface area contributed by atoms with Crippen molar-refractivity contribution in [1.82, 2.24) is 15.0 Å². The summed E-state index contributed by atoms with van der Waals surface area (Å²) in [5.74, 6) is 0.446. The van der Waals surface area contributed by atoms with E-state index in [4.69, 9.17) is 10.5 Å². The van der Waals surface area contributed by atoms with Crippen LogP contribution in [0.2, 0.25) is 0 Å². The summed E-state index contributed by atoms with van der Waals surface area (Å²) in [5, 5.41) is 11.0. The Labute approximate surface area is 135 Å². The molecule has 3 N–H and O–H groups in total. The van der Waals surface area contributed by atoms with Gasteiger partial charge in [-0.25, -0.2) is 9.48 Å². The standard InChI is InChI=1S/C16H21N5O2/c1-3-23-14(22)11-12(2)18-16-15(17)21(20-19-16)10-9-13-7-5-4-6-8-13/h4-8,11,18H,3,9-10,17H2,1-2H3/b12-11-. The summed E-state index contributed by atoms with van der Waals surface area (Å²) < 4.78 is 6.48. The van der Waals surface area contributed by atoms with Gasteiger partial charge in [0.1, 0.15) is 0 Å². The molecule has 0 aliphatic carbocycles. The van der Waals surface area contributed by atoms with Crippen LogP contribution in [-0.4, -0.2) is 27.6 Å². The molecule has 0 aliphatic heterocycles. The maximum Gasteiger partial charge on any atom is 0.332 e. The SMILES string of the molecule is CCOC(=O)/C=C(/C)Nc1nnn(CCc2ccccc2)c1N. The van der Waals surface area contributed by atoms with E-state index in [2.05, 4.69) is 27.8 Å². The molecule has 122 valence electrons. The predicted molar refractivity (Wildman–Crippen MR) is 88.6 cm³/mol. The largest absolute Gasteiger partial charge is 0.463 e. The lowest BCUT2D eigenvalue weighted by Crippen LogP contribution is -2.09. The molecule has 0 aliphatic rings. The van der Waals surface area contributed by atoms with Crippen molar-refractivity contribution < 1.29 is 9.53 Å². The Hall–Kier alpha value is -2.83. The van der Waals surface area contributed by atoms with Gasteiger partial charge in [0.25, 0.3) is 0 Å². The van der Waals surface area contributed by atoms with E-state index >= 15 is 0 Å². The molecule has 1 aromatic heterocycles. The van der Waals surface area contributed by atoms with E-state index in [-0.39, 0.29) is 0 Å². The van der Waals surface area contributed by atoms with Crippen LogP contribution in [0.4, 0.5) is 11.6 Å². The zero-order valence-electron chi connectivity index (χ0n) is 13.3. The number of carbonyl (C=O) groups is 1. The van der Waals surface area contributed by atoms with Crippen molar-refractivity contribution in [3.05, 3.63) is 47.7 Å². The number of anilines is 2. The number of nitrogens with two attached hydrogens (primary N) is 1. The van der Waals surface area contributed by atoms with Gasteiger partial charge in [-0.2, -0.15) is 0 Å². The topological polar surface area (TPSA) is 95.1 Å². The third-order valence-corrected chi connectivity index (χ3v) is 3.17. The fourth-order valence-corrected chi connectivity index (χ4v) is 2.04. The van der Waals surface area contributed by atoms with E-state index in [1.807, 2.05) is 18.2 Å². The number of aryl methyl sites for hydroxylation is 2. The maximum absolute atomic E-state index is 11.4. The summed E-state index contributed by atoms with van der Waals surface area (Å²) in [4.78, 5) is 11.4. The Bertz CT molecular complexity index is 679. The van der Waals surface area contributed by atoms with Crippen LogP contribution in [0.1, 0.15) is 19.4 Å². The molecule has 0 fully saturated rings. The lowest BCUT2D eigenvalue weighted by molar-refractivity contribution is -0.137. The summed E-state index contributed by atoms with van der Waals surface area (Å²) in [7, 11) is 0. The Morgan fingerprint density at radius 1 is 1.39 bits per heavy atom. The van der Waals surface area contributed by atoms with Crippen LogP contribution in [-0.2, 0) is 22.5 Å². The van der Waals surface area contributed by atoms with Crippen LogP contribution in [0.5, 0.6) is 0 Å². The minimum absolute atomic E-state index is 0.334. The number of hydrogen-bond donors (Lipinski definition) is 2. The van der Waals surface area contributed by atoms with Crippen molar-refractivity contribution in [3.63, 3.8) is 0 Å². The molecule has 7 nitrogen and oxygen atoms in total. The molecule has 0 unspecified atom stereocenters. The molecule has 0 saturated heterocycles. The second-order valence-electron chi connectivity index (χ2n) is 4.99. The number of allylic oxidation sites excluding steroid dienone is 1. The Balaban J connectivity index is 1.97. The molecule has 0 bridgehead atoms. The molecule has 0 saturated carbocycles. The molecule has 0 amide bonds. The summed E-state index contributed by atoms with van der Waals surface area (Å²) in [6, 6.07) is 10.1. The molecule has 1 aromatic carbocycles. The fourth-order valence-electron chi connectivity index (χ4n) is 2.04. The first-order chi connectivity index (χ1) is 11.1. The number of ether oxygens (including phenoxy) is 1. The zero-order valence-corrected chi connectivity index (χ0v) is 13.3. The molecule has 0 spiro atoms. The van der Waals surface area contributed by atoms with Crippen LogP contribution < -0.4 is 11.1 Å². The first-order valence-electron chi connectivity index (χ1n) is 7.45. The van der Waals surface area contributed by atoms with Gasteiger partial charge in [-0.3, -0.25) is 0 Å². The molecular formula is C16H21N5O2. The van der Waals surface area contributed by atoms with Crippen molar-refractivity contribution in [1.29, 1.82) is 0 Å². The van der Waals surface area contributed by atoms with E-state index in [0.29, 0.717) is 30.5 Å². The second-order valence-corrected chi connectivity index (χ2v) is 4.99. The van der Waals surface area contributed by atoms with Crippen molar-refractivity contribution in [2.45, 2.75) is 26.8 Å². The number of benzene rings is 1. The molecular weight excluding hydrogens is 294 g/mol. The molecule has 7 heteroatoms. The normalized spacial score (nSPS) is 11.3. The highest BCUT2D eigenvalue weighted by Crippen LogP contribution is 2.16. The van der Waals surface area contributed by atoms with Gasteiger partial charge in [0.05, 0.1) is 6.61 Å². The number of carbonyl (C=O) groups excluding carboxylic acids is 1. The fraction of sp³-hybridized carbons (Fsp3) is 0.312. The summed E-state index contributed by atoms with van der Waals surface area (Å²) in [6.07, 6.45) is 2.16. The second kappa shape index (κ2) is 7.98. The molecule has 23 heavy (non-hydrogen) atoms. The van der Waals surface area contributed by atoms with E-state index in [0.717, 1.165) is 6.42 Å². The van der Waals surface area contributed by atoms with Crippen LogP contribution in [0.15, 0.2) is 42.1 Å². The molecule has 1 heterocycles. The van der Waals surface area contributed by atoms with Gasteiger partial charge in [-0.15, -0.1) is 5.10 Å². The maximum atomic E-state index is 11.4. The van der Waals surface area contributed by atoms with Crippen molar-refractivity contribution >= 4 is 17.6 Å². The number of aromatic nitrogens is 3. The highest BCUT2D eigenvalue weighted by molar-refractivity contribution is 5.83. The van der Waals surface area contributed by atoms with Crippen molar-refractivity contribution in [2.75, 3.05) is 17.7 Å². The van der Waals surface area contributed by atoms with Gasteiger partial charge >= 0.3 is 5.97 Å². The summed E-state index contributed by atoms with van der Waals surface area (Å²) in [6.45, 7) is 4.45.